The summed E-state index contributed by atoms with van der Waals surface area (Å²) in [5.74, 6) is 1.34. The molecule has 0 unspecified atom stereocenters. The van der Waals surface area contributed by atoms with Gasteiger partial charge in [-0.2, -0.15) is 0 Å². The molecule has 0 spiro atoms. The lowest BCUT2D eigenvalue weighted by atomic mass is 9.94. The van der Waals surface area contributed by atoms with Crippen LogP contribution in [0.5, 0.6) is 0 Å². The van der Waals surface area contributed by atoms with Crippen LogP contribution in [-0.4, -0.2) is 0 Å². The minimum absolute atomic E-state index is 1.26. The molecule has 0 aromatic heterocycles. The molecule has 0 heterocycles. The van der Waals surface area contributed by atoms with E-state index in [-0.39, 0.29) is 0 Å². The molecule has 63 valence electrons. The van der Waals surface area contributed by atoms with E-state index in [1.807, 2.05) is 6.08 Å². The quantitative estimate of drug-likeness (QED) is 0.618. The van der Waals surface area contributed by atoms with Gasteiger partial charge in [0.2, 0.25) is 0 Å². The Morgan fingerprint density at radius 3 is 2.42 bits per heavy atom. The third-order valence-corrected chi connectivity index (χ3v) is 2.07. The van der Waals surface area contributed by atoms with E-state index in [9.17, 15) is 0 Å². The van der Waals surface area contributed by atoms with Gasteiger partial charge in [0, 0.05) is 0 Å². The Morgan fingerprint density at radius 2 is 2.00 bits per heavy atom. The van der Waals surface area contributed by atoms with Crippen molar-refractivity contribution < 1.29 is 0 Å². The maximum Gasteiger partial charge on any atom is -0.000581 e. The van der Waals surface area contributed by atoms with Crippen LogP contribution < -0.4 is 0 Å². The van der Waals surface area contributed by atoms with Crippen molar-refractivity contribution >= 4 is 6.08 Å². The standard InChI is InChI=1S/C12H15/c1-5-11-10(4)7-6-8-12(11)9(2)3/h5-8H,1H2,2-4H3. The van der Waals surface area contributed by atoms with Crippen molar-refractivity contribution in [3.8, 4) is 0 Å². The van der Waals surface area contributed by atoms with Gasteiger partial charge >= 0.3 is 0 Å². The largest absolute Gasteiger partial charge is 0.0984 e. The first kappa shape index (κ1) is 9.05. The predicted octanol–water partition coefficient (Wildman–Crippen LogP) is 3.60. The third kappa shape index (κ3) is 1.58. The molecule has 0 aliphatic heterocycles. The van der Waals surface area contributed by atoms with Crippen LogP contribution in [0.4, 0.5) is 0 Å². The Kier molecular flexibility index (Phi) is 2.69. The average molecular weight is 159 g/mol. The number of hydrogen-bond donors (Lipinski definition) is 0. The van der Waals surface area contributed by atoms with E-state index >= 15 is 0 Å². The molecule has 0 saturated carbocycles. The molecule has 0 heteroatoms. The molecule has 0 nitrogen and oxygen atoms in total. The highest BCUT2D eigenvalue weighted by Crippen LogP contribution is 2.22. The van der Waals surface area contributed by atoms with Crippen molar-refractivity contribution in [3.05, 3.63) is 47.4 Å². The average Bonchev–Trinajstić information content (AvgIpc) is 2.03. The lowest BCUT2D eigenvalue weighted by molar-refractivity contribution is 1.13. The molecule has 0 aliphatic rings. The molecule has 12 heavy (non-hydrogen) atoms. The van der Waals surface area contributed by atoms with Gasteiger partial charge < -0.3 is 0 Å². The molecule has 0 aliphatic carbocycles. The van der Waals surface area contributed by atoms with E-state index in [4.69, 9.17) is 0 Å². The summed E-state index contributed by atoms with van der Waals surface area (Å²) in [6.07, 6.45) is 1.93. The first-order valence-electron chi connectivity index (χ1n) is 4.19. The van der Waals surface area contributed by atoms with Gasteiger partial charge in [-0.25, -0.2) is 0 Å². The zero-order valence-electron chi connectivity index (χ0n) is 8.02. The highest BCUT2D eigenvalue weighted by molar-refractivity contribution is 5.59. The van der Waals surface area contributed by atoms with Crippen molar-refractivity contribution in [3.63, 3.8) is 0 Å². The zero-order chi connectivity index (χ0) is 9.14. The van der Waals surface area contributed by atoms with Crippen LogP contribution >= 0.6 is 0 Å². The van der Waals surface area contributed by atoms with E-state index in [0.29, 0.717) is 0 Å². The number of hydrogen-bond acceptors (Lipinski definition) is 0. The minimum atomic E-state index is 1.26. The van der Waals surface area contributed by atoms with Crippen molar-refractivity contribution in [2.45, 2.75) is 20.8 Å². The van der Waals surface area contributed by atoms with Gasteiger partial charge in [-0.05, 0) is 29.5 Å². The van der Waals surface area contributed by atoms with Gasteiger partial charge in [0.05, 0.1) is 0 Å². The van der Waals surface area contributed by atoms with Crippen molar-refractivity contribution in [2.24, 2.45) is 0 Å². The minimum Gasteiger partial charge on any atom is -0.0984 e. The van der Waals surface area contributed by atoms with E-state index in [0.717, 1.165) is 0 Å². The Bertz CT molecular complexity index is 282. The molecule has 0 bridgehead atoms. The zero-order valence-corrected chi connectivity index (χ0v) is 8.02. The Balaban J connectivity index is 3.27. The highest BCUT2D eigenvalue weighted by Gasteiger charge is 2.05. The van der Waals surface area contributed by atoms with Gasteiger partial charge in [-0.15, -0.1) is 0 Å². The van der Waals surface area contributed by atoms with Crippen molar-refractivity contribution in [1.29, 1.82) is 0 Å². The highest BCUT2D eigenvalue weighted by atomic mass is 14.1. The summed E-state index contributed by atoms with van der Waals surface area (Å²) in [6, 6.07) is 6.34. The van der Waals surface area contributed by atoms with Crippen molar-refractivity contribution in [1.82, 2.24) is 0 Å². The van der Waals surface area contributed by atoms with Crippen LogP contribution in [0.1, 0.15) is 30.5 Å². The fraction of sp³-hybridized carbons (Fsp3) is 0.250. The van der Waals surface area contributed by atoms with Crippen LogP contribution in [-0.2, 0) is 0 Å². The van der Waals surface area contributed by atoms with E-state index < -0.39 is 0 Å². The SMILES string of the molecule is C=Cc1c(C)cccc1[C](C)C. The van der Waals surface area contributed by atoms with Crippen molar-refractivity contribution in [2.75, 3.05) is 0 Å². The number of rotatable bonds is 2. The van der Waals surface area contributed by atoms with Gasteiger partial charge in [0.15, 0.2) is 0 Å². The number of benzene rings is 1. The molecule has 0 fully saturated rings. The summed E-state index contributed by atoms with van der Waals surface area (Å²) < 4.78 is 0. The van der Waals surface area contributed by atoms with Gasteiger partial charge in [-0.1, -0.05) is 44.7 Å². The second kappa shape index (κ2) is 3.57. The molecule has 0 N–H and O–H groups in total. The van der Waals surface area contributed by atoms with Crippen LogP contribution in [0.15, 0.2) is 24.8 Å². The molecular formula is C12H15. The lowest BCUT2D eigenvalue weighted by Gasteiger charge is -2.11. The fourth-order valence-electron chi connectivity index (χ4n) is 1.39. The monoisotopic (exact) mass is 159 g/mol. The lowest BCUT2D eigenvalue weighted by Crippen LogP contribution is -1.94. The van der Waals surface area contributed by atoms with Crippen LogP contribution in [0.2, 0.25) is 0 Å². The molecular weight excluding hydrogens is 144 g/mol. The predicted molar refractivity (Wildman–Crippen MR) is 55.0 cm³/mol. The summed E-state index contributed by atoms with van der Waals surface area (Å²) in [7, 11) is 0. The van der Waals surface area contributed by atoms with Crippen LogP contribution in [0.3, 0.4) is 0 Å². The third-order valence-electron chi connectivity index (χ3n) is 2.07. The van der Waals surface area contributed by atoms with E-state index in [1.54, 1.807) is 0 Å². The summed E-state index contributed by atoms with van der Waals surface area (Å²) in [5.41, 5.74) is 3.87. The molecule has 1 aromatic rings. The topological polar surface area (TPSA) is 0 Å². The van der Waals surface area contributed by atoms with E-state index in [2.05, 4.69) is 45.5 Å². The van der Waals surface area contributed by atoms with Gasteiger partial charge in [-0.3, -0.25) is 0 Å². The number of aryl methyl sites for hydroxylation is 1. The molecule has 0 atom stereocenters. The molecule has 0 saturated heterocycles. The first-order chi connectivity index (χ1) is 5.66. The Morgan fingerprint density at radius 1 is 1.33 bits per heavy atom. The second-order valence-corrected chi connectivity index (χ2v) is 3.24. The maximum atomic E-state index is 3.82. The Hall–Kier alpha value is -1.04. The summed E-state index contributed by atoms with van der Waals surface area (Å²) >= 11 is 0. The Labute approximate surface area is 74.9 Å². The van der Waals surface area contributed by atoms with Gasteiger partial charge in [0.1, 0.15) is 0 Å². The van der Waals surface area contributed by atoms with Crippen LogP contribution in [0.25, 0.3) is 6.08 Å². The smallest absolute Gasteiger partial charge is 0.000581 e. The summed E-state index contributed by atoms with van der Waals surface area (Å²) in [6.45, 7) is 10.2. The summed E-state index contributed by atoms with van der Waals surface area (Å²) in [4.78, 5) is 0. The molecule has 1 aromatic carbocycles. The normalized spacial score (nSPS) is 10.3. The molecule has 1 radical (unpaired) electrons. The molecule has 1 rings (SSSR count). The summed E-state index contributed by atoms with van der Waals surface area (Å²) in [5, 5.41) is 0. The second-order valence-electron chi connectivity index (χ2n) is 3.24. The van der Waals surface area contributed by atoms with Gasteiger partial charge in [0.25, 0.3) is 0 Å². The maximum absolute atomic E-state index is 3.82. The fourth-order valence-corrected chi connectivity index (χ4v) is 1.39. The van der Waals surface area contributed by atoms with E-state index in [1.165, 1.54) is 22.6 Å². The van der Waals surface area contributed by atoms with Crippen LogP contribution in [0, 0.1) is 12.8 Å². The molecule has 0 amide bonds. The first-order valence-corrected chi connectivity index (χ1v) is 4.19.